The Labute approximate surface area is 163 Å². The number of esters is 1. The lowest BCUT2D eigenvalue weighted by molar-refractivity contribution is -0.147. The van der Waals surface area contributed by atoms with Gasteiger partial charge in [-0.1, -0.05) is 67.4 Å². The third-order valence-electron chi connectivity index (χ3n) is 4.73. The highest BCUT2D eigenvalue weighted by molar-refractivity contribution is 6.55. The average Bonchev–Trinajstić information content (AvgIpc) is 3.13. The van der Waals surface area contributed by atoms with Crippen molar-refractivity contribution >= 4 is 29.2 Å². The minimum Gasteiger partial charge on any atom is -0.461 e. The molecule has 1 aliphatic carbocycles. The molecule has 0 heterocycles. The second-order valence-electron chi connectivity index (χ2n) is 6.95. The third-order valence-corrected chi connectivity index (χ3v) is 4.98. The molecule has 0 spiro atoms. The Bertz CT molecular complexity index is 811. The number of allylic oxidation sites excluding steroid dienone is 1. The number of ether oxygens (including phenoxy) is 2. The summed E-state index contributed by atoms with van der Waals surface area (Å²) in [4.78, 5) is 12.4. The van der Waals surface area contributed by atoms with Gasteiger partial charge in [0.2, 0.25) is 0 Å². The van der Waals surface area contributed by atoms with Gasteiger partial charge in [-0.3, -0.25) is 4.79 Å². The van der Waals surface area contributed by atoms with E-state index in [4.69, 9.17) is 32.7 Å². The van der Waals surface area contributed by atoms with Crippen molar-refractivity contribution in [2.75, 3.05) is 0 Å². The summed E-state index contributed by atoms with van der Waals surface area (Å²) in [6.07, 6.45) is 1.71. The number of hydrogen-bond donors (Lipinski definition) is 0. The first-order valence-electron chi connectivity index (χ1n) is 8.39. The highest BCUT2D eigenvalue weighted by Gasteiger charge is 2.61. The summed E-state index contributed by atoms with van der Waals surface area (Å²) < 4.78 is 11.5. The number of para-hydroxylation sites is 1. The van der Waals surface area contributed by atoms with Crippen LogP contribution >= 0.6 is 23.2 Å². The molecule has 1 unspecified atom stereocenters. The molecule has 2 aromatic rings. The van der Waals surface area contributed by atoms with E-state index in [-0.39, 0.29) is 34.3 Å². The van der Waals surface area contributed by atoms with E-state index >= 15 is 0 Å². The molecule has 0 N–H and O–H groups in total. The van der Waals surface area contributed by atoms with Crippen LogP contribution in [0.3, 0.4) is 0 Å². The second kappa shape index (κ2) is 7.73. The van der Waals surface area contributed by atoms with E-state index in [1.165, 1.54) is 0 Å². The monoisotopic (exact) mass is 390 g/mol. The molecule has 0 aromatic heterocycles. The van der Waals surface area contributed by atoms with Crippen molar-refractivity contribution in [3.63, 3.8) is 0 Å². The summed E-state index contributed by atoms with van der Waals surface area (Å²) in [7, 11) is 0. The molecule has 1 saturated carbocycles. The maximum atomic E-state index is 12.4. The zero-order valence-electron chi connectivity index (χ0n) is 14.6. The van der Waals surface area contributed by atoms with E-state index in [2.05, 4.69) is 0 Å². The van der Waals surface area contributed by atoms with Crippen LogP contribution in [0, 0.1) is 17.3 Å². The summed E-state index contributed by atoms with van der Waals surface area (Å²) >= 11 is 11.5. The number of benzene rings is 2. The van der Waals surface area contributed by atoms with Crippen LogP contribution in [0.4, 0.5) is 0 Å². The molecule has 0 saturated heterocycles. The third kappa shape index (κ3) is 4.40. The largest absolute Gasteiger partial charge is 0.461 e. The molecule has 0 amide bonds. The standard InChI is InChI=1S/C21H20Cl2O3/c1-21(2)17(12-18(22)23)19(21)20(24)25-13-14-7-6-10-16(11-14)26-15-8-4-3-5-9-15/h3-12,17,19H,13H2,1-2H3/t17-,19?/m0/s1. The Morgan fingerprint density at radius 2 is 1.77 bits per heavy atom. The predicted octanol–water partition coefficient (Wildman–Crippen LogP) is 6.11. The van der Waals surface area contributed by atoms with Gasteiger partial charge in [0.25, 0.3) is 0 Å². The van der Waals surface area contributed by atoms with E-state index in [0.29, 0.717) is 5.75 Å². The molecule has 3 rings (SSSR count). The lowest BCUT2D eigenvalue weighted by Gasteiger charge is -2.09. The maximum Gasteiger partial charge on any atom is 0.310 e. The Balaban J connectivity index is 1.59. The van der Waals surface area contributed by atoms with Crippen molar-refractivity contribution in [1.29, 1.82) is 0 Å². The predicted molar refractivity (Wildman–Crippen MR) is 103 cm³/mol. The Morgan fingerprint density at radius 3 is 2.46 bits per heavy atom. The van der Waals surface area contributed by atoms with E-state index in [9.17, 15) is 4.79 Å². The fourth-order valence-electron chi connectivity index (χ4n) is 3.14. The number of halogens is 2. The second-order valence-corrected chi connectivity index (χ2v) is 7.96. The zero-order chi connectivity index (χ0) is 18.7. The molecular formula is C21H20Cl2O3. The first-order valence-corrected chi connectivity index (χ1v) is 9.15. The topological polar surface area (TPSA) is 35.5 Å². The quantitative estimate of drug-likeness (QED) is 0.557. The van der Waals surface area contributed by atoms with Crippen LogP contribution in [0.15, 0.2) is 65.2 Å². The fraction of sp³-hybridized carbons (Fsp3) is 0.286. The highest BCUT2D eigenvalue weighted by atomic mass is 35.5. The van der Waals surface area contributed by atoms with Gasteiger partial charge in [-0.25, -0.2) is 0 Å². The van der Waals surface area contributed by atoms with Gasteiger partial charge in [-0.15, -0.1) is 0 Å². The van der Waals surface area contributed by atoms with Crippen LogP contribution in [0.5, 0.6) is 11.5 Å². The molecular weight excluding hydrogens is 371 g/mol. The van der Waals surface area contributed by atoms with Crippen molar-refractivity contribution < 1.29 is 14.3 Å². The minimum absolute atomic E-state index is 0.00717. The van der Waals surface area contributed by atoms with Crippen LogP contribution in [0.25, 0.3) is 0 Å². The van der Waals surface area contributed by atoms with Gasteiger partial charge in [0, 0.05) is 0 Å². The Kier molecular flexibility index (Phi) is 5.59. The van der Waals surface area contributed by atoms with Crippen LogP contribution in [0.2, 0.25) is 0 Å². The van der Waals surface area contributed by atoms with E-state index in [1.54, 1.807) is 6.08 Å². The number of rotatable bonds is 6. The van der Waals surface area contributed by atoms with Crippen LogP contribution in [-0.2, 0) is 16.1 Å². The van der Waals surface area contributed by atoms with E-state index in [0.717, 1.165) is 11.3 Å². The van der Waals surface area contributed by atoms with Crippen LogP contribution < -0.4 is 4.74 Å². The van der Waals surface area contributed by atoms with Crippen molar-refractivity contribution in [2.45, 2.75) is 20.5 Å². The van der Waals surface area contributed by atoms with Gasteiger partial charge in [-0.2, -0.15) is 0 Å². The van der Waals surface area contributed by atoms with Gasteiger partial charge in [-0.05, 0) is 47.2 Å². The molecule has 2 atom stereocenters. The van der Waals surface area contributed by atoms with Crippen molar-refractivity contribution in [1.82, 2.24) is 0 Å². The fourth-order valence-corrected chi connectivity index (χ4v) is 3.41. The van der Waals surface area contributed by atoms with Gasteiger partial charge >= 0.3 is 5.97 Å². The molecule has 1 fully saturated rings. The molecule has 5 heteroatoms. The number of carbonyl (C=O) groups is 1. The molecule has 0 radical (unpaired) electrons. The summed E-state index contributed by atoms with van der Waals surface area (Å²) in [6.45, 7) is 4.21. The van der Waals surface area contributed by atoms with Crippen molar-refractivity contribution in [3.05, 3.63) is 70.7 Å². The minimum atomic E-state index is -0.236. The molecule has 136 valence electrons. The summed E-state index contributed by atoms with van der Waals surface area (Å²) in [5, 5.41) is 0. The number of carbonyl (C=O) groups excluding carboxylic acids is 1. The van der Waals surface area contributed by atoms with Gasteiger partial charge in [0.05, 0.1) is 5.92 Å². The summed E-state index contributed by atoms with van der Waals surface area (Å²) in [5.74, 6) is 1.01. The lowest BCUT2D eigenvalue weighted by Crippen LogP contribution is -2.10. The maximum absolute atomic E-state index is 12.4. The van der Waals surface area contributed by atoms with E-state index < -0.39 is 0 Å². The molecule has 0 aliphatic heterocycles. The molecule has 1 aliphatic rings. The molecule has 26 heavy (non-hydrogen) atoms. The van der Waals surface area contributed by atoms with Crippen molar-refractivity contribution in [2.24, 2.45) is 17.3 Å². The molecule has 0 bridgehead atoms. The molecule has 2 aromatic carbocycles. The average molecular weight is 391 g/mol. The van der Waals surface area contributed by atoms with Crippen LogP contribution in [-0.4, -0.2) is 5.97 Å². The Morgan fingerprint density at radius 1 is 1.08 bits per heavy atom. The Hall–Kier alpha value is -1.97. The van der Waals surface area contributed by atoms with E-state index in [1.807, 2.05) is 68.4 Å². The first-order chi connectivity index (χ1) is 12.4. The lowest BCUT2D eigenvalue weighted by atomic mass is 10.1. The normalized spacial score (nSPS) is 20.2. The van der Waals surface area contributed by atoms with Crippen molar-refractivity contribution in [3.8, 4) is 11.5 Å². The van der Waals surface area contributed by atoms with Gasteiger partial charge in [0.15, 0.2) is 0 Å². The molecule has 3 nitrogen and oxygen atoms in total. The van der Waals surface area contributed by atoms with Crippen LogP contribution in [0.1, 0.15) is 19.4 Å². The summed E-state index contributed by atoms with van der Waals surface area (Å²) in [6, 6.07) is 17.0. The first kappa shape index (κ1) is 18.8. The smallest absolute Gasteiger partial charge is 0.310 e. The SMILES string of the molecule is CC1(C)C(C(=O)OCc2cccc(Oc3ccccc3)c2)[C@@H]1C=C(Cl)Cl. The highest BCUT2D eigenvalue weighted by Crippen LogP contribution is 2.60. The van der Waals surface area contributed by atoms with Gasteiger partial charge in [0.1, 0.15) is 22.6 Å². The summed E-state index contributed by atoms with van der Waals surface area (Å²) in [5.41, 5.74) is 0.678. The van der Waals surface area contributed by atoms with Gasteiger partial charge < -0.3 is 9.47 Å². The number of hydrogen-bond acceptors (Lipinski definition) is 3. The zero-order valence-corrected chi connectivity index (χ0v) is 16.1.